The minimum atomic E-state index is -0.153. The standard InChI is InChI=1S/C21H20Br2N2O2/c22-18-8-2-16(3-9-18)6-12-20(26)24-14-1-15-25-21(27)13-7-17-4-10-19(23)11-5-17/h2-13H,1,14-15H2,(H,24,26)(H,25,27). The van der Waals surface area contributed by atoms with Gasteiger partial charge >= 0.3 is 0 Å². The molecular weight excluding hydrogens is 472 g/mol. The molecule has 2 aromatic rings. The summed E-state index contributed by atoms with van der Waals surface area (Å²) in [6.07, 6.45) is 7.19. The number of halogens is 2. The van der Waals surface area contributed by atoms with Crippen molar-refractivity contribution in [3.05, 3.63) is 80.8 Å². The molecule has 4 nitrogen and oxygen atoms in total. The number of benzene rings is 2. The molecule has 2 amide bonds. The number of amides is 2. The maximum Gasteiger partial charge on any atom is 0.244 e. The highest BCUT2D eigenvalue weighted by Gasteiger charge is 1.98. The van der Waals surface area contributed by atoms with Crippen LogP contribution in [0.2, 0.25) is 0 Å². The van der Waals surface area contributed by atoms with Gasteiger partial charge < -0.3 is 10.6 Å². The van der Waals surface area contributed by atoms with E-state index in [1.54, 1.807) is 12.2 Å². The summed E-state index contributed by atoms with van der Waals surface area (Å²) in [6, 6.07) is 15.4. The van der Waals surface area contributed by atoms with Crippen LogP contribution in [0.25, 0.3) is 12.2 Å². The number of hydrogen-bond donors (Lipinski definition) is 2. The molecule has 0 aliphatic carbocycles. The van der Waals surface area contributed by atoms with Crippen LogP contribution >= 0.6 is 31.9 Å². The maximum atomic E-state index is 11.8. The molecule has 0 saturated carbocycles. The molecule has 0 fully saturated rings. The Morgan fingerprint density at radius 1 is 0.704 bits per heavy atom. The summed E-state index contributed by atoms with van der Waals surface area (Å²) in [7, 11) is 0. The Balaban J connectivity index is 1.60. The van der Waals surface area contributed by atoms with Crippen molar-refractivity contribution in [1.82, 2.24) is 10.6 Å². The van der Waals surface area contributed by atoms with Gasteiger partial charge in [0, 0.05) is 34.2 Å². The van der Waals surface area contributed by atoms with E-state index in [-0.39, 0.29) is 11.8 Å². The van der Waals surface area contributed by atoms with E-state index in [9.17, 15) is 9.59 Å². The van der Waals surface area contributed by atoms with E-state index in [1.807, 2.05) is 48.5 Å². The molecule has 6 heteroatoms. The van der Waals surface area contributed by atoms with Crippen LogP contribution in [0.5, 0.6) is 0 Å². The fraction of sp³-hybridized carbons (Fsp3) is 0.143. The van der Waals surface area contributed by atoms with Gasteiger partial charge in [0.05, 0.1) is 0 Å². The van der Waals surface area contributed by atoms with Crippen LogP contribution in [0, 0.1) is 0 Å². The van der Waals surface area contributed by atoms with Crippen LogP contribution < -0.4 is 10.6 Å². The van der Waals surface area contributed by atoms with Crippen LogP contribution in [0.1, 0.15) is 17.5 Å². The summed E-state index contributed by atoms with van der Waals surface area (Å²) < 4.78 is 2.00. The Kier molecular flexibility index (Phi) is 9.01. The predicted octanol–water partition coefficient (Wildman–Crippen LogP) is 4.56. The Morgan fingerprint density at radius 2 is 1.07 bits per heavy atom. The summed E-state index contributed by atoms with van der Waals surface area (Å²) in [5.74, 6) is -0.307. The second kappa shape index (κ2) is 11.5. The highest BCUT2D eigenvalue weighted by molar-refractivity contribution is 9.10. The normalized spacial score (nSPS) is 11.0. The highest BCUT2D eigenvalue weighted by atomic mass is 79.9. The Bertz CT molecular complexity index is 744. The molecule has 0 unspecified atom stereocenters. The first-order valence-corrected chi connectivity index (χ1v) is 10.0. The Hall–Kier alpha value is -2.18. The van der Waals surface area contributed by atoms with Crippen LogP contribution in [0.3, 0.4) is 0 Å². The quantitative estimate of drug-likeness (QED) is 0.420. The molecule has 0 aromatic heterocycles. The van der Waals surface area contributed by atoms with E-state index in [0.717, 1.165) is 20.1 Å². The van der Waals surface area contributed by atoms with E-state index >= 15 is 0 Å². The topological polar surface area (TPSA) is 58.2 Å². The smallest absolute Gasteiger partial charge is 0.244 e. The molecule has 0 saturated heterocycles. The van der Waals surface area contributed by atoms with Gasteiger partial charge in [-0.15, -0.1) is 0 Å². The summed E-state index contributed by atoms with van der Waals surface area (Å²) in [6.45, 7) is 1.00. The molecule has 2 N–H and O–H groups in total. The predicted molar refractivity (Wildman–Crippen MR) is 117 cm³/mol. The van der Waals surface area contributed by atoms with Gasteiger partial charge in [0.2, 0.25) is 11.8 Å². The van der Waals surface area contributed by atoms with Gasteiger partial charge in [-0.25, -0.2) is 0 Å². The number of carbonyl (C=O) groups is 2. The van der Waals surface area contributed by atoms with Crippen LogP contribution in [0.4, 0.5) is 0 Å². The lowest BCUT2D eigenvalue weighted by Crippen LogP contribution is -2.28. The van der Waals surface area contributed by atoms with E-state index in [4.69, 9.17) is 0 Å². The third kappa shape index (κ3) is 8.84. The molecule has 0 bridgehead atoms. The highest BCUT2D eigenvalue weighted by Crippen LogP contribution is 2.12. The third-order valence-corrected chi connectivity index (χ3v) is 4.60. The lowest BCUT2D eigenvalue weighted by molar-refractivity contribution is -0.116. The van der Waals surface area contributed by atoms with Crippen molar-refractivity contribution in [1.29, 1.82) is 0 Å². The lowest BCUT2D eigenvalue weighted by atomic mass is 10.2. The molecular formula is C21H20Br2N2O2. The van der Waals surface area contributed by atoms with Gasteiger partial charge in [-0.1, -0.05) is 56.1 Å². The van der Waals surface area contributed by atoms with E-state index < -0.39 is 0 Å². The molecule has 0 aliphatic heterocycles. The monoisotopic (exact) mass is 490 g/mol. The maximum absolute atomic E-state index is 11.8. The zero-order valence-electron chi connectivity index (χ0n) is 14.6. The van der Waals surface area contributed by atoms with Crippen molar-refractivity contribution in [2.45, 2.75) is 6.42 Å². The van der Waals surface area contributed by atoms with Gasteiger partial charge in [0.15, 0.2) is 0 Å². The molecule has 27 heavy (non-hydrogen) atoms. The van der Waals surface area contributed by atoms with Crippen molar-refractivity contribution in [3.8, 4) is 0 Å². The van der Waals surface area contributed by atoms with Gasteiger partial charge in [-0.3, -0.25) is 9.59 Å². The molecule has 0 aliphatic rings. The lowest BCUT2D eigenvalue weighted by Gasteiger charge is -2.03. The third-order valence-electron chi connectivity index (χ3n) is 3.55. The van der Waals surface area contributed by atoms with Crippen molar-refractivity contribution in [2.75, 3.05) is 13.1 Å². The average Bonchev–Trinajstić information content (AvgIpc) is 2.67. The molecule has 0 spiro atoms. The molecule has 0 radical (unpaired) electrons. The molecule has 140 valence electrons. The molecule has 2 rings (SSSR count). The average molecular weight is 492 g/mol. The minimum absolute atomic E-state index is 0.153. The Morgan fingerprint density at radius 3 is 1.44 bits per heavy atom. The van der Waals surface area contributed by atoms with E-state index in [1.165, 1.54) is 12.2 Å². The second-order valence-electron chi connectivity index (χ2n) is 5.71. The van der Waals surface area contributed by atoms with Gasteiger partial charge in [0.1, 0.15) is 0 Å². The summed E-state index contributed by atoms with van der Waals surface area (Å²) in [5.41, 5.74) is 1.91. The largest absolute Gasteiger partial charge is 0.352 e. The molecule has 2 aromatic carbocycles. The number of carbonyl (C=O) groups excluding carboxylic acids is 2. The number of nitrogens with one attached hydrogen (secondary N) is 2. The van der Waals surface area contributed by atoms with E-state index in [2.05, 4.69) is 42.5 Å². The first-order valence-electron chi connectivity index (χ1n) is 8.46. The fourth-order valence-corrected chi connectivity index (χ4v) is 2.65. The van der Waals surface area contributed by atoms with Crippen LogP contribution in [0.15, 0.2) is 69.6 Å². The van der Waals surface area contributed by atoms with Crippen molar-refractivity contribution >= 4 is 55.8 Å². The fourth-order valence-electron chi connectivity index (χ4n) is 2.12. The summed E-state index contributed by atoms with van der Waals surface area (Å²) in [5, 5.41) is 5.58. The van der Waals surface area contributed by atoms with Crippen LogP contribution in [-0.2, 0) is 9.59 Å². The van der Waals surface area contributed by atoms with Crippen molar-refractivity contribution < 1.29 is 9.59 Å². The minimum Gasteiger partial charge on any atom is -0.352 e. The van der Waals surface area contributed by atoms with Gasteiger partial charge in [-0.05, 0) is 54.0 Å². The van der Waals surface area contributed by atoms with Gasteiger partial charge in [-0.2, -0.15) is 0 Å². The SMILES string of the molecule is O=C(C=Cc1ccc(Br)cc1)NCCCNC(=O)C=Cc1ccc(Br)cc1. The first kappa shape index (κ1) is 21.1. The molecule has 0 heterocycles. The Labute approximate surface area is 176 Å². The van der Waals surface area contributed by atoms with Crippen molar-refractivity contribution in [3.63, 3.8) is 0 Å². The summed E-state index contributed by atoms with van der Waals surface area (Å²) in [4.78, 5) is 23.5. The summed E-state index contributed by atoms with van der Waals surface area (Å²) >= 11 is 6.74. The second-order valence-corrected chi connectivity index (χ2v) is 7.54. The van der Waals surface area contributed by atoms with E-state index in [0.29, 0.717) is 19.5 Å². The zero-order chi connectivity index (χ0) is 19.5. The van der Waals surface area contributed by atoms with Gasteiger partial charge in [0.25, 0.3) is 0 Å². The van der Waals surface area contributed by atoms with Crippen LogP contribution in [-0.4, -0.2) is 24.9 Å². The molecule has 0 atom stereocenters. The first-order chi connectivity index (χ1) is 13.0. The number of rotatable bonds is 8. The zero-order valence-corrected chi connectivity index (χ0v) is 17.8. The number of hydrogen-bond acceptors (Lipinski definition) is 2. The van der Waals surface area contributed by atoms with Crippen molar-refractivity contribution in [2.24, 2.45) is 0 Å².